The molecule has 1 heterocycles. The lowest BCUT2D eigenvalue weighted by Crippen LogP contribution is -2.32. The van der Waals surface area contributed by atoms with Crippen molar-refractivity contribution < 1.29 is 19.5 Å². The van der Waals surface area contributed by atoms with Crippen LogP contribution in [0.5, 0.6) is 0 Å². The lowest BCUT2D eigenvalue weighted by Gasteiger charge is -2.13. The summed E-state index contributed by atoms with van der Waals surface area (Å²) in [6.45, 7) is 0. The number of hydrogen-bond acceptors (Lipinski definition) is 5. The van der Waals surface area contributed by atoms with E-state index in [1.807, 2.05) is 0 Å². The first kappa shape index (κ1) is 14.5. The highest BCUT2D eigenvalue weighted by Crippen LogP contribution is 2.24. The minimum absolute atomic E-state index is 0.207. The Labute approximate surface area is 119 Å². The number of hydrogen-bond donors (Lipinski definition) is 2. The van der Waals surface area contributed by atoms with Crippen LogP contribution in [0.3, 0.4) is 0 Å². The van der Waals surface area contributed by atoms with Gasteiger partial charge in [-0.2, -0.15) is 0 Å². The largest absolute Gasteiger partial charge is 0.480 e. The van der Waals surface area contributed by atoms with Gasteiger partial charge in [0, 0.05) is 0 Å². The minimum atomic E-state index is -1.05. The number of aliphatic carboxylic acids is 1. The van der Waals surface area contributed by atoms with E-state index in [4.69, 9.17) is 10.8 Å². The standard InChI is InChI=1S/C13H14N2O4S/c14-10(13(18)19)5-6-20-7-15-11(16)8-3-1-2-4-9(8)12(15)17/h1-4,10H,5-7,14H2,(H,18,19). The normalized spacial score (nSPS) is 15.3. The molecule has 1 aromatic carbocycles. The molecule has 0 fully saturated rings. The summed E-state index contributed by atoms with van der Waals surface area (Å²) in [6, 6.07) is 5.77. The molecular weight excluding hydrogens is 280 g/mol. The Balaban J connectivity index is 1.88. The van der Waals surface area contributed by atoms with Gasteiger partial charge in [-0.1, -0.05) is 12.1 Å². The van der Waals surface area contributed by atoms with Crippen LogP contribution in [-0.4, -0.2) is 45.5 Å². The van der Waals surface area contributed by atoms with E-state index in [1.54, 1.807) is 24.3 Å². The maximum Gasteiger partial charge on any atom is 0.320 e. The number of thioether (sulfide) groups is 1. The fraction of sp³-hybridized carbons (Fsp3) is 0.308. The smallest absolute Gasteiger partial charge is 0.320 e. The molecule has 0 saturated heterocycles. The van der Waals surface area contributed by atoms with E-state index >= 15 is 0 Å². The Hall–Kier alpha value is -1.86. The predicted molar refractivity (Wildman–Crippen MR) is 74.5 cm³/mol. The highest BCUT2D eigenvalue weighted by Gasteiger charge is 2.34. The monoisotopic (exact) mass is 294 g/mol. The van der Waals surface area contributed by atoms with Gasteiger partial charge in [0.05, 0.1) is 17.0 Å². The Morgan fingerprint density at radius 2 is 1.80 bits per heavy atom. The zero-order chi connectivity index (χ0) is 14.7. The maximum absolute atomic E-state index is 12.0. The Morgan fingerprint density at radius 3 is 2.30 bits per heavy atom. The predicted octanol–water partition coefficient (Wildman–Crippen LogP) is 0.775. The zero-order valence-corrected chi connectivity index (χ0v) is 11.4. The van der Waals surface area contributed by atoms with Gasteiger partial charge in [0.1, 0.15) is 6.04 Å². The third kappa shape index (κ3) is 2.83. The van der Waals surface area contributed by atoms with Crippen molar-refractivity contribution in [2.75, 3.05) is 11.6 Å². The van der Waals surface area contributed by atoms with E-state index in [9.17, 15) is 14.4 Å². The maximum atomic E-state index is 12.0. The van der Waals surface area contributed by atoms with Gasteiger partial charge in [-0.25, -0.2) is 0 Å². The van der Waals surface area contributed by atoms with Crippen LogP contribution in [0.25, 0.3) is 0 Å². The zero-order valence-electron chi connectivity index (χ0n) is 10.6. The molecule has 1 aliphatic rings. The second-order valence-electron chi connectivity index (χ2n) is 4.35. The molecule has 2 amide bonds. The molecule has 20 heavy (non-hydrogen) atoms. The molecule has 1 atom stereocenters. The van der Waals surface area contributed by atoms with E-state index in [1.165, 1.54) is 16.7 Å². The average Bonchev–Trinajstić information content (AvgIpc) is 2.68. The van der Waals surface area contributed by atoms with Crippen molar-refractivity contribution in [2.24, 2.45) is 5.73 Å². The number of amides is 2. The molecule has 7 heteroatoms. The van der Waals surface area contributed by atoms with Crippen LogP contribution in [0.1, 0.15) is 27.1 Å². The molecule has 1 aliphatic heterocycles. The van der Waals surface area contributed by atoms with Crippen LogP contribution in [0, 0.1) is 0 Å². The second-order valence-corrected chi connectivity index (χ2v) is 5.43. The van der Waals surface area contributed by atoms with Crippen molar-refractivity contribution in [3.63, 3.8) is 0 Å². The molecule has 0 bridgehead atoms. The van der Waals surface area contributed by atoms with Crippen LogP contribution in [0.15, 0.2) is 24.3 Å². The number of fused-ring (bicyclic) bond motifs is 1. The third-order valence-electron chi connectivity index (χ3n) is 2.99. The van der Waals surface area contributed by atoms with Gasteiger partial charge in [-0.3, -0.25) is 19.3 Å². The summed E-state index contributed by atoms with van der Waals surface area (Å²) < 4.78 is 0. The van der Waals surface area contributed by atoms with Gasteiger partial charge in [-0.05, 0) is 24.3 Å². The van der Waals surface area contributed by atoms with E-state index in [0.29, 0.717) is 23.3 Å². The molecular formula is C13H14N2O4S. The number of rotatable bonds is 6. The Morgan fingerprint density at radius 1 is 1.25 bits per heavy atom. The molecule has 3 N–H and O–H groups in total. The van der Waals surface area contributed by atoms with E-state index in [0.717, 1.165) is 0 Å². The number of nitrogens with zero attached hydrogens (tertiary/aromatic N) is 1. The molecule has 6 nitrogen and oxygen atoms in total. The molecule has 0 spiro atoms. The highest BCUT2D eigenvalue weighted by atomic mass is 32.2. The average molecular weight is 294 g/mol. The Bertz CT molecular complexity index is 526. The van der Waals surface area contributed by atoms with Gasteiger partial charge >= 0.3 is 5.97 Å². The van der Waals surface area contributed by atoms with Gasteiger partial charge in [-0.15, -0.1) is 11.8 Å². The summed E-state index contributed by atoms with van der Waals surface area (Å²) in [5, 5.41) is 8.64. The van der Waals surface area contributed by atoms with Crippen LogP contribution in [0.2, 0.25) is 0 Å². The first-order valence-corrected chi connectivity index (χ1v) is 7.19. The molecule has 106 valence electrons. The number of carboxylic acids is 1. The van der Waals surface area contributed by atoms with Crippen LogP contribution < -0.4 is 5.73 Å². The summed E-state index contributed by atoms with van der Waals surface area (Å²) in [6.07, 6.45) is 0.295. The quantitative estimate of drug-likeness (QED) is 0.594. The third-order valence-corrected chi connectivity index (χ3v) is 3.95. The van der Waals surface area contributed by atoms with E-state index < -0.39 is 12.0 Å². The first-order chi connectivity index (χ1) is 9.52. The second kappa shape index (κ2) is 6.06. The van der Waals surface area contributed by atoms with Gasteiger partial charge < -0.3 is 10.8 Å². The fourth-order valence-electron chi connectivity index (χ4n) is 1.85. The van der Waals surface area contributed by atoms with Gasteiger partial charge in [0.15, 0.2) is 0 Å². The molecule has 1 aromatic rings. The lowest BCUT2D eigenvalue weighted by atomic mass is 10.1. The van der Waals surface area contributed by atoms with Crippen molar-refractivity contribution in [1.82, 2.24) is 4.90 Å². The molecule has 0 aliphatic carbocycles. The number of carbonyl (C=O) groups excluding carboxylic acids is 2. The molecule has 1 unspecified atom stereocenters. The van der Waals surface area contributed by atoms with Gasteiger partial charge in [0.25, 0.3) is 11.8 Å². The lowest BCUT2D eigenvalue weighted by molar-refractivity contribution is -0.138. The van der Waals surface area contributed by atoms with Crippen molar-refractivity contribution >= 4 is 29.5 Å². The topological polar surface area (TPSA) is 101 Å². The van der Waals surface area contributed by atoms with Gasteiger partial charge in [0.2, 0.25) is 0 Å². The number of nitrogens with two attached hydrogens (primary N) is 1. The summed E-state index contributed by atoms with van der Waals surface area (Å²) in [4.78, 5) is 35.8. The summed E-state index contributed by atoms with van der Waals surface area (Å²) >= 11 is 1.32. The first-order valence-electron chi connectivity index (χ1n) is 6.03. The van der Waals surface area contributed by atoms with E-state index in [2.05, 4.69) is 0 Å². The van der Waals surface area contributed by atoms with Crippen LogP contribution in [-0.2, 0) is 4.79 Å². The van der Waals surface area contributed by atoms with Crippen molar-refractivity contribution in [1.29, 1.82) is 0 Å². The highest BCUT2D eigenvalue weighted by molar-refractivity contribution is 7.99. The van der Waals surface area contributed by atoms with Crippen molar-refractivity contribution in [2.45, 2.75) is 12.5 Å². The number of carbonyl (C=O) groups is 3. The number of carboxylic acid groups (broad SMARTS) is 1. The summed E-state index contributed by atoms with van der Waals surface area (Å²) in [5.74, 6) is -0.980. The fourth-order valence-corrected chi connectivity index (χ4v) is 2.81. The minimum Gasteiger partial charge on any atom is -0.480 e. The summed E-state index contributed by atoms with van der Waals surface area (Å²) in [7, 11) is 0. The molecule has 2 rings (SSSR count). The van der Waals surface area contributed by atoms with Crippen LogP contribution >= 0.6 is 11.8 Å². The van der Waals surface area contributed by atoms with Crippen molar-refractivity contribution in [3.05, 3.63) is 35.4 Å². The SMILES string of the molecule is NC(CCSCN1C(=O)c2ccccc2C1=O)C(=O)O. The number of benzene rings is 1. The molecule has 0 aromatic heterocycles. The van der Waals surface area contributed by atoms with Crippen LogP contribution in [0.4, 0.5) is 0 Å². The van der Waals surface area contributed by atoms with E-state index in [-0.39, 0.29) is 17.7 Å². The molecule has 0 saturated carbocycles. The Kier molecular flexibility index (Phi) is 4.41. The number of imide groups is 1. The summed E-state index contributed by atoms with van der Waals surface area (Å²) in [5.41, 5.74) is 6.21. The van der Waals surface area contributed by atoms with Crippen molar-refractivity contribution in [3.8, 4) is 0 Å². The molecule has 0 radical (unpaired) electrons.